The Bertz CT molecular complexity index is 987. The van der Waals surface area contributed by atoms with Crippen molar-refractivity contribution in [3.63, 3.8) is 0 Å². The maximum absolute atomic E-state index is 12.9. The molecule has 0 radical (unpaired) electrons. The van der Waals surface area contributed by atoms with Crippen molar-refractivity contribution < 1.29 is 9.84 Å². The minimum absolute atomic E-state index is 0.0211. The van der Waals surface area contributed by atoms with Crippen LogP contribution in [0.1, 0.15) is 25.3 Å². The van der Waals surface area contributed by atoms with Crippen LogP contribution in [-0.2, 0) is 6.54 Å². The molecule has 0 aliphatic carbocycles. The van der Waals surface area contributed by atoms with Crippen LogP contribution in [-0.4, -0.2) is 33.1 Å². The van der Waals surface area contributed by atoms with Gasteiger partial charge in [-0.15, -0.1) is 0 Å². The first-order valence-electron chi connectivity index (χ1n) is 9.59. The Morgan fingerprint density at radius 2 is 1.93 bits per heavy atom. The Morgan fingerprint density at radius 1 is 1.18 bits per heavy atom. The Kier molecular flexibility index (Phi) is 7.12. The third-order valence-electron chi connectivity index (χ3n) is 4.49. The Morgan fingerprint density at radius 3 is 2.71 bits per heavy atom. The zero-order valence-corrected chi connectivity index (χ0v) is 17.1. The smallest absolute Gasteiger partial charge is 0.262 e. The molecule has 1 heterocycles. The fourth-order valence-corrected chi connectivity index (χ4v) is 3.83. The number of hydrogen-bond donors (Lipinski definition) is 1. The van der Waals surface area contributed by atoms with E-state index < -0.39 is 6.10 Å². The van der Waals surface area contributed by atoms with Crippen molar-refractivity contribution in [3.8, 4) is 5.75 Å². The van der Waals surface area contributed by atoms with E-state index in [1.165, 1.54) is 11.8 Å². The summed E-state index contributed by atoms with van der Waals surface area (Å²) in [6.07, 6.45) is 1.25. The number of rotatable bonds is 9. The van der Waals surface area contributed by atoms with E-state index >= 15 is 0 Å². The monoisotopic (exact) mass is 398 g/mol. The maximum Gasteiger partial charge on any atom is 0.262 e. The number of thioether (sulfide) groups is 1. The molecule has 0 saturated heterocycles. The van der Waals surface area contributed by atoms with E-state index in [4.69, 9.17) is 4.74 Å². The summed E-state index contributed by atoms with van der Waals surface area (Å²) >= 11 is 1.40. The summed E-state index contributed by atoms with van der Waals surface area (Å²) in [5, 5.41) is 11.6. The predicted molar refractivity (Wildman–Crippen MR) is 114 cm³/mol. The Balaban J connectivity index is 1.72. The topological polar surface area (TPSA) is 64.3 Å². The van der Waals surface area contributed by atoms with Crippen LogP contribution in [0.2, 0.25) is 0 Å². The first-order valence-corrected chi connectivity index (χ1v) is 10.6. The number of fused-ring (bicyclic) bond motifs is 1. The van der Waals surface area contributed by atoms with Crippen molar-refractivity contribution >= 4 is 22.7 Å². The summed E-state index contributed by atoms with van der Waals surface area (Å²) in [5.74, 6) is 1.18. The van der Waals surface area contributed by atoms with Crippen molar-refractivity contribution in [2.75, 3.05) is 12.4 Å². The highest BCUT2D eigenvalue weighted by Gasteiger charge is 2.14. The molecule has 0 spiro atoms. The van der Waals surface area contributed by atoms with Crippen LogP contribution in [0.3, 0.4) is 0 Å². The van der Waals surface area contributed by atoms with E-state index in [9.17, 15) is 9.90 Å². The molecule has 0 aliphatic rings. The fraction of sp³-hybridized carbons (Fsp3) is 0.364. The molecule has 0 unspecified atom stereocenters. The number of aliphatic hydroxyl groups excluding tert-OH is 1. The molecule has 1 N–H and O–H groups in total. The minimum atomic E-state index is -0.660. The quantitative estimate of drug-likeness (QED) is 0.435. The van der Waals surface area contributed by atoms with Crippen molar-refractivity contribution in [2.24, 2.45) is 0 Å². The largest absolute Gasteiger partial charge is 0.491 e. The van der Waals surface area contributed by atoms with E-state index in [0.29, 0.717) is 28.4 Å². The van der Waals surface area contributed by atoms with Gasteiger partial charge in [-0.2, -0.15) is 0 Å². The standard InChI is InChI=1S/C22H26N2O3S/c1-3-4-13-24-21(26)18-10-6-7-11-19(18)23-22(24)28-15-17(25)14-27-20-12-8-5-9-16(20)2/h5-12,17,25H,3-4,13-15H2,1-2H3/t17-/m1/s1. The maximum atomic E-state index is 12.9. The highest BCUT2D eigenvalue weighted by atomic mass is 32.2. The number of aryl methyl sites for hydroxylation is 1. The Hall–Kier alpha value is -2.31. The average molecular weight is 399 g/mol. The Labute approximate surface area is 169 Å². The lowest BCUT2D eigenvalue weighted by Crippen LogP contribution is -2.25. The van der Waals surface area contributed by atoms with Crippen molar-refractivity contribution in [1.29, 1.82) is 0 Å². The number of para-hydroxylation sites is 2. The molecule has 148 valence electrons. The predicted octanol–water partition coefficient (Wildman–Crippen LogP) is 4.04. The van der Waals surface area contributed by atoms with E-state index in [1.807, 2.05) is 55.5 Å². The second-order valence-corrected chi connectivity index (χ2v) is 7.75. The summed E-state index contributed by atoms with van der Waals surface area (Å²) in [6, 6.07) is 15.1. The van der Waals surface area contributed by atoms with E-state index in [-0.39, 0.29) is 12.2 Å². The van der Waals surface area contributed by atoms with Gasteiger partial charge in [0.15, 0.2) is 5.16 Å². The summed E-state index contributed by atoms with van der Waals surface area (Å²) in [7, 11) is 0. The van der Waals surface area contributed by atoms with Gasteiger partial charge in [0.2, 0.25) is 0 Å². The number of hydrogen-bond acceptors (Lipinski definition) is 5. The van der Waals surface area contributed by atoms with Crippen LogP contribution >= 0.6 is 11.8 Å². The highest BCUT2D eigenvalue weighted by molar-refractivity contribution is 7.99. The number of nitrogens with zero attached hydrogens (tertiary/aromatic N) is 2. The number of unbranched alkanes of at least 4 members (excludes halogenated alkanes) is 1. The van der Waals surface area contributed by atoms with E-state index in [1.54, 1.807) is 4.57 Å². The van der Waals surface area contributed by atoms with Gasteiger partial charge in [-0.3, -0.25) is 9.36 Å². The highest BCUT2D eigenvalue weighted by Crippen LogP contribution is 2.21. The van der Waals surface area contributed by atoms with Gasteiger partial charge in [0, 0.05) is 12.3 Å². The first kappa shape index (κ1) is 20.4. The number of ether oxygens (including phenoxy) is 1. The first-order chi connectivity index (χ1) is 13.6. The van der Waals surface area contributed by atoms with Gasteiger partial charge in [0.25, 0.3) is 5.56 Å². The molecule has 1 atom stereocenters. The molecular formula is C22H26N2O3S. The number of benzene rings is 2. The normalized spacial score (nSPS) is 12.2. The molecule has 0 amide bonds. The van der Waals surface area contributed by atoms with Crippen molar-refractivity contribution in [1.82, 2.24) is 9.55 Å². The zero-order chi connectivity index (χ0) is 19.9. The summed E-state index contributed by atoms with van der Waals surface area (Å²) in [5.41, 5.74) is 1.70. The van der Waals surface area contributed by atoms with Gasteiger partial charge in [-0.05, 0) is 37.1 Å². The van der Waals surface area contributed by atoms with Crippen LogP contribution in [0.15, 0.2) is 58.5 Å². The minimum Gasteiger partial charge on any atom is -0.491 e. The second-order valence-electron chi connectivity index (χ2n) is 6.76. The molecule has 2 aromatic carbocycles. The molecule has 0 bridgehead atoms. The third kappa shape index (κ3) is 4.94. The van der Waals surface area contributed by atoms with Crippen LogP contribution < -0.4 is 10.3 Å². The third-order valence-corrected chi connectivity index (χ3v) is 5.61. The van der Waals surface area contributed by atoms with E-state index in [2.05, 4.69) is 11.9 Å². The molecule has 0 saturated carbocycles. The van der Waals surface area contributed by atoms with Gasteiger partial charge in [0.1, 0.15) is 12.4 Å². The van der Waals surface area contributed by atoms with Crippen molar-refractivity contribution in [2.45, 2.75) is 44.5 Å². The summed E-state index contributed by atoms with van der Waals surface area (Å²) in [6.45, 7) is 4.90. The summed E-state index contributed by atoms with van der Waals surface area (Å²) < 4.78 is 7.45. The lowest BCUT2D eigenvalue weighted by molar-refractivity contribution is 0.126. The van der Waals surface area contributed by atoms with Crippen LogP contribution in [0.5, 0.6) is 5.75 Å². The molecule has 3 rings (SSSR count). The molecule has 1 aromatic heterocycles. The average Bonchev–Trinajstić information content (AvgIpc) is 2.71. The lowest BCUT2D eigenvalue weighted by atomic mass is 10.2. The number of aliphatic hydroxyl groups is 1. The van der Waals surface area contributed by atoms with Crippen LogP contribution in [0, 0.1) is 6.92 Å². The second kappa shape index (κ2) is 9.75. The molecule has 0 aliphatic heterocycles. The van der Waals surface area contributed by atoms with Gasteiger partial charge in [0.05, 0.1) is 17.0 Å². The van der Waals surface area contributed by atoms with E-state index in [0.717, 1.165) is 24.2 Å². The van der Waals surface area contributed by atoms with Gasteiger partial charge in [-0.25, -0.2) is 4.98 Å². The summed E-state index contributed by atoms with van der Waals surface area (Å²) in [4.78, 5) is 17.5. The molecule has 0 fully saturated rings. The van der Waals surface area contributed by atoms with Crippen LogP contribution in [0.4, 0.5) is 0 Å². The molecule has 5 nitrogen and oxygen atoms in total. The number of aromatic nitrogens is 2. The molecule has 28 heavy (non-hydrogen) atoms. The zero-order valence-electron chi connectivity index (χ0n) is 16.3. The van der Waals surface area contributed by atoms with Gasteiger partial charge < -0.3 is 9.84 Å². The fourth-order valence-electron chi connectivity index (χ4n) is 2.89. The van der Waals surface area contributed by atoms with Crippen LogP contribution in [0.25, 0.3) is 10.9 Å². The molecule has 3 aromatic rings. The lowest BCUT2D eigenvalue weighted by Gasteiger charge is -2.16. The van der Waals surface area contributed by atoms with Gasteiger partial charge in [-0.1, -0.05) is 55.4 Å². The molecular weight excluding hydrogens is 372 g/mol. The van der Waals surface area contributed by atoms with Crippen molar-refractivity contribution in [3.05, 3.63) is 64.4 Å². The molecule has 6 heteroatoms. The SMILES string of the molecule is CCCCn1c(SC[C@H](O)COc2ccccc2C)nc2ccccc2c1=O. The van der Waals surface area contributed by atoms with Gasteiger partial charge >= 0.3 is 0 Å².